The third kappa shape index (κ3) is 5.80. The maximum atomic E-state index is 12.3. The minimum atomic E-state index is -0.123. The van der Waals surface area contributed by atoms with Crippen LogP contribution in [0.2, 0.25) is 0 Å². The smallest absolute Gasteiger partial charge is 0.234 e. The highest BCUT2D eigenvalue weighted by Crippen LogP contribution is 2.33. The zero-order valence-electron chi connectivity index (χ0n) is 14.4. The van der Waals surface area contributed by atoms with Gasteiger partial charge in [-0.1, -0.05) is 30.3 Å². The average molecular weight is 393 g/mol. The molecule has 0 aliphatic rings. The predicted molar refractivity (Wildman–Crippen MR) is 109 cm³/mol. The normalized spacial score (nSPS) is 10.5. The third-order valence-electron chi connectivity index (χ3n) is 3.32. The van der Waals surface area contributed by atoms with Gasteiger partial charge in [-0.2, -0.15) is 0 Å². The molecule has 1 aromatic heterocycles. The minimum Gasteiger partial charge on any atom is -0.322 e. The van der Waals surface area contributed by atoms with Gasteiger partial charge in [0.25, 0.3) is 0 Å². The number of aromatic nitrogens is 1. The van der Waals surface area contributed by atoms with Crippen LogP contribution in [0.3, 0.4) is 0 Å². The Morgan fingerprint density at radius 1 is 1.08 bits per heavy atom. The molecule has 0 spiro atoms. The van der Waals surface area contributed by atoms with Crippen molar-refractivity contribution in [3.8, 4) is 0 Å². The molecule has 0 bridgehead atoms. The van der Waals surface area contributed by atoms with Gasteiger partial charge in [-0.05, 0) is 25.5 Å². The molecular formula is C18H20N2O2S3. The number of pyridine rings is 1. The fourth-order valence-electron chi connectivity index (χ4n) is 2.16. The van der Waals surface area contributed by atoms with Crippen LogP contribution < -0.4 is 5.32 Å². The molecule has 25 heavy (non-hydrogen) atoms. The summed E-state index contributed by atoms with van der Waals surface area (Å²) in [5.41, 5.74) is 2.35. The summed E-state index contributed by atoms with van der Waals surface area (Å²) < 4.78 is 0. The van der Waals surface area contributed by atoms with E-state index in [2.05, 4.69) is 10.3 Å². The second-order valence-corrected chi connectivity index (χ2v) is 7.81. The quantitative estimate of drug-likeness (QED) is 0.531. The lowest BCUT2D eigenvalue weighted by atomic mass is 10.2. The van der Waals surface area contributed by atoms with Crippen LogP contribution in [-0.4, -0.2) is 40.7 Å². The van der Waals surface area contributed by atoms with Crippen molar-refractivity contribution in [2.24, 2.45) is 0 Å². The summed E-state index contributed by atoms with van der Waals surface area (Å²) >= 11 is 4.40. The number of carbonyl (C=O) groups excluding carboxylic acids is 2. The molecule has 0 atom stereocenters. The Kier molecular flexibility index (Phi) is 7.87. The number of anilines is 1. The molecule has 132 valence electrons. The molecule has 1 N–H and O–H groups in total. The number of rotatable bonds is 8. The van der Waals surface area contributed by atoms with E-state index in [0.717, 1.165) is 21.3 Å². The molecule has 0 fully saturated rings. The second-order valence-electron chi connectivity index (χ2n) is 5.18. The van der Waals surface area contributed by atoms with Gasteiger partial charge < -0.3 is 5.32 Å². The lowest BCUT2D eigenvalue weighted by Crippen LogP contribution is -2.17. The maximum Gasteiger partial charge on any atom is 0.234 e. The molecule has 1 amide bonds. The first-order valence-corrected chi connectivity index (χ1v) is 11.2. The number of carbonyl (C=O) groups is 2. The van der Waals surface area contributed by atoms with Crippen LogP contribution in [0, 0.1) is 6.92 Å². The van der Waals surface area contributed by atoms with Gasteiger partial charge in [-0.3, -0.25) is 9.59 Å². The maximum absolute atomic E-state index is 12.3. The zero-order valence-corrected chi connectivity index (χ0v) is 16.8. The number of nitrogens with one attached hydrogen (secondary N) is 1. The summed E-state index contributed by atoms with van der Waals surface area (Å²) in [6, 6.07) is 11.1. The highest BCUT2D eigenvalue weighted by molar-refractivity contribution is 8.00. The van der Waals surface area contributed by atoms with Gasteiger partial charge in [0.2, 0.25) is 5.91 Å². The van der Waals surface area contributed by atoms with E-state index < -0.39 is 0 Å². The van der Waals surface area contributed by atoms with Crippen molar-refractivity contribution < 1.29 is 9.59 Å². The minimum absolute atomic E-state index is 0.0324. The van der Waals surface area contributed by atoms with Crippen molar-refractivity contribution in [1.29, 1.82) is 0 Å². The zero-order chi connectivity index (χ0) is 18.2. The Hall–Kier alpha value is -1.44. The lowest BCUT2D eigenvalue weighted by molar-refractivity contribution is -0.113. The number of amides is 1. The number of aryl methyl sites for hydroxylation is 1. The van der Waals surface area contributed by atoms with E-state index in [0.29, 0.717) is 5.56 Å². The summed E-state index contributed by atoms with van der Waals surface area (Å²) in [6.45, 7) is 1.94. The van der Waals surface area contributed by atoms with E-state index in [4.69, 9.17) is 0 Å². The Morgan fingerprint density at radius 3 is 2.44 bits per heavy atom. The third-order valence-corrected chi connectivity index (χ3v) is 5.69. The molecular weight excluding hydrogens is 372 g/mol. The molecule has 1 heterocycles. The molecule has 0 saturated heterocycles. The number of ketones is 1. The van der Waals surface area contributed by atoms with E-state index in [1.165, 1.54) is 23.5 Å². The summed E-state index contributed by atoms with van der Waals surface area (Å²) in [4.78, 5) is 29.8. The molecule has 7 heteroatoms. The first-order valence-electron chi connectivity index (χ1n) is 7.60. The first kappa shape index (κ1) is 19.9. The summed E-state index contributed by atoms with van der Waals surface area (Å²) in [7, 11) is 0. The number of hydrogen-bond donors (Lipinski definition) is 1. The van der Waals surface area contributed by atoms with Crippen LogP contribution in [0.25, 0.3) is 0 Å². The van der Waals surface area contributed by atoms with Crippen molar-refractivity contribution in [2.45, 2.75) is 16.8 Å². The van der Waals surface area contributed by atoms with E-state index in [-0.39, 0.29) is 23.2 Å². The second kappa shape index (κ2) is 9.89. The lowest BCUT2D eigenvalue weighted by Gasteiger charge is -2.13. The molecule has 0 radical (unpaired) electrons. The highest BCUT2D eigenvalue weighted by atomic mass is 32.2. The number of hydrogen-bond acceptors (Lipinski definition) is 6. The van der Waals surface area contributed by atoms with E-state index >= 15 is 0 Å². The van der Waals surface area contributed by atoms with Gasteiger partial charge in [0, 0.05) is 16.2 Å². The van der Waals surface area contributed by atoms with E-state index in [9.17, 15) is 9.59 Å². The number of Topliss-reactive ketones (excluding diaryl/α,β-unsaturated/α-hetero) is 1. The predicted octanol–water partition coefficient (Wildman–Crippen LogP) is 4.39. The summed E-state index contributed by atoms with van der Waals surface area (Å²) in [5, 5.41) is 3.75. The SMILES string of the molecule is CSc1cc(C)nc(SC)c1NC(=O)CSCC(=O)c1ccccc1. The van der Waals surface area contributed by atoms with Gasteiger partial charge in [0.05, 0.1) is 17.2 Å². The van der Waals surface area contributed by atoms with Crippen molar-refractivity contribution in [2.75, 3.05) is 29.3 Å². The number of benzene rings is 1. The molecule has 0 aliphatic heterocycles. The van der Waals surface area contributed by atoms with Crippen molar-refractivity contribution in [3.63, 3.8) is 0 Å². The Morgan fingerprint density at radius 2 is 1.80 bits per heavy atom. The van der Waals surface area contributed by atoms with Gasteiger partial charge in [-0.15, -0.1) is 35.3 Å². The van der Waals surface area contributed by atoms with E-state index in [1.54, 1.807) is 23.9 Å². The topological polar surface area (TPSA) is 59.1 Å². The van der Waals surface area contributed by atoms with Crippen molar-refractivity contribution >= 4 is 52.7 Å². The average Bonchev–Trinajstić information content (AvgIpc) is 2.63. The molecule has 1 aromatic carbocycles. The molecule has 2 rings (SSSR count). The van der Waals surface area contributed by atoms with Gasteiger partial charge in [0.15, 0.2) is 5.78 Å². The van der Waals surface area contributed by atoms with E-state index in [1.807, 2.05) is 43.7 Å². The highest BCUT2D eigenvalue weighted by Gasteiger charge is 2.14. The molecule has 2 aromatic rings. The molecule has 0 aliphatic carbocycles. The van der Waals surface area contributed by atoms with Crippen LogP contribution in [0.1, 0.15) is 16.1 Å². The van der Waals surface area contributed by atoms with Crippen LogP contribution in [0.15, 0.2) is 46.3 Å². The first-order chi connectivity index (χ1) is 12.0. The fraction of sp³-hybridized carbons (Fsp3) is 0.278. The fourth-order valence-corrected chi connectivity index (χ4v) is 4.18. The van der Waals surface area contributed by atoms with Crippen LogP contribution in [0.4, 0.5) is 5.69 Å². The molecule has 0 unspecified atom stereocenters. The number of nitrogens with zero attached hydrogens (tertiary/aromatic N) is 1. The number of thioether (sulfide) groups is 3. The summed E-state index contributed by atoms with van der Waals surface area (Å²) in [6.07, 6.45) is 3.91. The van der Waals surface area contributed by atoms with Crippen LogP contribution in [-0.2, 0) is 4.79 Å². The van der Waals surface area contributed by atoms with Crippen molar-refractivity contribution in [3.05, 3.63) is 47.7 Å². The monoisotopic (exact) mass is 392 g/mol. The Balaban J connectivity index is 1.93. The summed E-state index contributed by atoms with van der Waals surface area (Å²) in [5.74, 6) is 0.426. The Labute approximate surface area is 161 Å². The Bertz CT molecular complexity index is 726. The molecule has 4 nitrogen and oxygen atoms in total. The van der Waals surface area contributed by atoms with Gasteiger partial charge in [0.1, 0.15) is 5.03 Å². The van der Waals surface area contributed by atoms with Crippen molar-refractivity contribution in [1.82, 2.24) is 4.98 Å². The van der Waals surface area contributed by atoms with Crippen LogP contribution >= 0.6 is 35.3 Å². The standard InChI is InChI=1S/C18H20N2O2S3/c1-12-9-15(23-2)17(18(19-12)24-3)20-16(22)11-25-10-14(21)13-7-5-4-6-8-13/h4-9H,10-11H2,1-3H3,(H,20,22). The largest absolute Gasteiger partial charge is 0.322 e. The van der Waals surface area contributed by atoms with Gasteiger partial charge in [-0.25, -0.2) is 4.98 Å². The van der Waals surface area contributed by atoms with Crippen LogP contribution in [0.5, 0.6) is 0 Å². The van der Waals surface area contributed by atoms with Gasteiger partial charge >= 0.3 is 0 Å². The molecule has 0 saturated carbocycles.